The van der Waals surface area contributed by atoms with E-state index in [1.807, 2.05) is 18.0 Å². The Balaban J connectivity index is 2.04. The molecule has 0 amide bonds. The predicted molar refractivity (Wildman–Crippen MR) is 67.4 cm³/mol. The zero-order chi connectivity index (χ0) is 13.1. The predicted octanol–water partition coefficient (Wildman–Crippen LogP) is 2.52. The lowest BCUT2D eigenvalue weighted by Gasteiger charge is -2.31. The summed E-state index contributed by atoms with van der Waals surface area (Å²) < 4.78 is 12.8. The second-order valence-corrected chi connectivity index (χ2v) is 4.37. The van der Waals surface area contributed by atoms with Crippen LogP contribution in [0.5, 0.6) is 0 Å². The number of aliphatic hydroxyl groups excluding tert-OH is 2. The Bertz CT molecular complexity index is 467. The summed E-state index contributed by atoms with van der Waals surface area (Å²) in [6, 6.07) is 5.61. The molecule has 1 aromatic rings. The van der Waals surface area contributed by atoms with Crippen LogP contribution < -0.4 is 0 Å². The van der Waals surface area contributed by atoms with Crippen LogP contribution in [0.4, 0.5) is 4.39 Å². The van der Waals surface area contributed by atoms with Crippen LogP contribution in [-0.2, 0) is 0 Å². The van der Waals surface area contributed by atoms with Crippen molar-refractivity contribution in [3.05, 3.63) is 59.8 Å². The smallest absolute Gasteiger partial charge is 0.123 e. The number of hydrogen-bond donors (Lipinski definition) is 2. The molecule has 2 atom stereocenters. The third kappa shape index (κ3) is 2.71. The molecule has 18 heavy (non-hydrogen) atoms. The third-order valence-electron chi connectivity index (χ3n) is 3.11. The van der Waals surface area contributed by atoms with E-state index in [2.05, 4.69) is 0 Å². The van der Waals surface area contributed by atoms with Gasteiger partial charge < -0.3 is 15.1 Å². The second kappa shape index (κ2) is 5.23. The second-order valence-electron chi connectivity index (χ2n) is 4.37. The van der Waals surface area contributed by atoms with Crippen molar-refractivity contribution in [3.63, 3.8) is 0 Å². The van der Waals surface area contributed by atoms with Crippen molar-refractivity contribution in [2.75, 3.05) is 6.54 Å². The molecule has 0 aromatic heterocycles. The summed E-state index contributed by atoms with van der Waals surface area (Å²) in [6.07, 6.45) is 4.46. The van der Waals surface area contributed by atoms with Gasteiger partial charge in [-0.25, -0.2) is 4.39 Å². The highest BCUT2D eigenvalue weighted by atomic mass is 19.1. The molecule has 1 heterocycles. The Labute approximate surface area is 105 Å². The van der Waals surface area contributed by atoms with E-state index in [1.54, 1.807) is 24.3 Å². The van der Waals surface area contributed by atoms with Crippen LogP contribution in [0.3, 0.4) is 0 Å². The van der Waals surface area contributed by atoms with Crippen molar-refractivity contribution in [2.24, 2.45) is 0 Å². The summed E-state index contributed by atoms with van der Waals surface area (Å²) in [5, 5.41) is 19.7. The van der Waals surface area contributed by atoms with Crippen LogP contribution in [0.2, 0.25) is 0 Å². The molecule has 3 nitrogen and oxygen atoms in total. The molecule has 1 unspecified atom stereocenters. The number of β-amino-alcohol motifs (C(OH)–C–C–N with tert-alkyl or cyclic N) is 1. The van der Waals surface area contributed by atoms with Gasteiger partial charge in [0.05, 0.1) is 12.1 Å². The van der Waals surface area contributed by atoms with Crippen molar-refractivity contribution in [1.82, 2.24) is 4.90 Å². The first kappa shape index (κ1) is 12.6. The van der Waals surface area contributed by atoms with Gasteiger partial charge in [0.25, 0.3) is 0 Å². The summed E-state index contributed by atoms with van der Waals surface area (Å²) in [4.78, 5) is 1.84. The number of halogens is 1. The largest absolute Gasteiger partial charge is 0.510 e. The Morgan fingerprint density at radius 1 is 1.33 bits per heavy atom. The minimum Gasteiger partial charge on any atom is -0.510 e. The number of hydrogen-bond acceptors (Lipinski definition) is 3. The average Bonchev–Trinajstić information content (AvgIpc) is 2.36. The highest BCUT2D eigenvalue weighted by Crippen LogP contribution is 2.20. The number of allylic oxidation sites excluding steroid dienone is 2. The first-order valence-electron chi connectivity index (χ1n) is 5.84. The first-order chi connectivity index (χ1) is 8.58. The van der Waals surface area contributed by atoms with E-state index in [0.717, 1.165) is 0 Å². The zero-order valence-corrected chi connectivity index (χ0v) is 10.1. The van der Waals surface area contributed by atoms with Crippen molar-refractivity contribution < 1.29 is 14.6 Å². The third-order valence-corrected chi connectivity index (χ3v) is 3.11. The molecule has 4 heteroatoms. The fourth-order valence-corrected chi connectivity index (χ4v) is 1.90. The summed E-state index contributed by atoms with van der Waals surface area (Å²) in [5.74, 6) is -0.0541. The van der Waals surface area contributed by atoms with E-state index in [9.17, 15) is 14.6 Å². The SMILES string of the molecule is C[C@H]1C(O)=CC=CN1CC(O)c1ccc(F)cc1. The first-order valence-corrected chi connectivity index (χ1v) is 5.84. The van der Waals surface area contributed by atoms with E-state index in [-0.39, 0.29) is 17.6 Å². The van der Waals surface area contributed by atoms with Crippen LogP contribution in [0.15, 0.2) is 48.4 Å². The molecule has 0 saturated heterocycles. The number of nitrogens with zero attached hydrogens (tertiary/aromatic N) is 1. The van der Waals surface area contributed by atoms with E-state index in [0.29, 0.717) is 12.1 Å². The molecule has 0 spiro atoms. The van der Waals surface area contributed by atoms with E-state index in [1.165, 1.54) is 12.1 Å². The van der Waals surface area contributed by atoms with Crippen molar-refractivity contribution in [1.29, 1.82) is 0 Å². The van der Waals surface area contributed by atoms with Gasteiger partial charge in [0, 0.05) is 6.54 Å². The van der Waals surface area contributed by atoms with Gasteiger partial charge in [-0.2, -0.15) is 0 Å². The molecule has 0 fully saturated rings. The fourth-order valence-electron chi connectivity index (χ4n) is 1.90. The summed E-state index contributed by atoms with van der Waals surface area (Å²) >= 11 is 0. The van der Waals surface area contributed by atoms with Gasteiger partial charge in [0.1, 0.15) is 11.6 Å². The van der Waals surface area contributed by atoms with Gasteiger partial charge >= 0.3 is 0 Å². The van der Waals surface area contributed by atoms with Crippen molar-refractivity contribution in [3.8, 4) is 0 Å². The normalized spacial score (nSPS) is 20.7. The summed E-state index contributed by atoms with van der Waals surface area (Å²) in [6.45, 7) is 2.20. The van der Waals surface area contributed by atoms with Crippen LogP contribution in [-0.4, -0.2) is 27.7 Å². The van der Waals surface area contributed by atoms with Crippen LogP contribution in [0, 0.1) is 5.82 Å². The maximum Gasteiger partial charge on any atom is 0.123 e. The molecule has 0 aliphatic carbocycles. The molecule has 1 aliphatic rings. The molecule has 0 saturated carbocycles. The number of benzene rings is 1. The van der Waals surface area contributed by atoms with Gasteiger partial charge in [-0.05, 0) is 43.0 Å². The molecule has 96 valence electrons. The van der Waals surface area contributed by atoms with Gasteiger partial charge in [0.15, 0.2) is 0 Å². The van der Waals surface area contributed by atoms with Gasteiger partial charge in [-0.15, -0.1) is 0 Å². The lowest BCUT2D eigenvalue weighted by atomic mass is 10.1. The molecule has 2 N–H and O–H groups in total. The monoisotopic (exact) mass is 249 g/mol. The average molecular weight is 249 g/mol. The number of rotatable bonds is 3. The molecule has 0 bridgehead atoms. The summed E-state index contributed by atoms with van der Waals surface area (Å²) in [7, 11) is 0. The lowest BCUT2D eigenvalue weighted by Crippen LogP contribution is -2.34. The van der Waals surface area contributed by atoms with Crippen LogP contribution in [0.1, 0.15) is 18.6 Å². The van der Waals surface area contributed by atoms with Crippen molar-refractivity contribution in [2.45, 2.75) is 19.1 Å². The minimum atomic E-state index is -0.719. The maximum absolute atomic E-state index is 12.8. The lowest BCUT2D eigenvalue weighted by molar-refractivity contribution is 0.115. The van der Waals surface area contributed by atoms with Gasteiger partial charge in [0.2, 0.25) is 0 Å². The topological polar surface area (TPSA) is 43.7 Å². The molecule has 1 aromatic carbocycles. The molecule has 2 rings (SSSR count). The fraction of sp³-hybridized carbons (Fsp3) is 0.286. The Hall–Kier alpha value is -1.81. The van der Waals surface area contributed by atoms with E-state index < -0.39 is 6.10 Å². The Kier molecular flexibility index (Phi) is 3.67. The quantitative estimate of drug-likeness (QED) is 0.865. The van der Waals surface area contributed by atoms with Gasteiger partial charge in [-0.3, -0.25) is 0 Å². The molecule has 0 radical (unpaired) electrons. The van der Waals surface area contributed by atoms with Crippen LogP contribution in [0.25, 0.3) is 0 Å². The molecular weight excluding hydrogens is 233 g/mol. The number of aliphatic hydroxyl groups is 2. The van der Waals surface area contributed by atoms with Crippen molar-refractivity contribution >= 4 is 0 Å². The van der Waals surface area contributed by atoms with E-state index >= 15 is 0 Å². The standard InChI is InChI=1S/C14H16FNO2/c1-10-13(17)3-2-8-16(10)9-14(18)11-4-6-12(15)7-5-11/h2-8,10,14,17-18H,9H2,1H3/t10-,14?/m0/s1. The Morgan fingerprint density at radius 3 is 2.67 bits per heavy atom. The molecular formula is C14H16FNO2. The maximum atomic E-state index is 12.8. The highest BCUT2D eigenvalue weighted by Gasteiger charge is 2.20. The molecule has 1 aliphatic heterocycles. The minimum absolute atomic E-state index is 0.162. The van der Waals surface area contributed by atoms with E-state index in [4.69, 9.17) is 0 Å². The Morgan fingerprint density at radius 2 is 2.00 bits per heavy atom. The van der Waals surface area contributed by atoms with Crippen LogP contribution >= 0.6 is 0 Å². The highest BCUT2D eigenvalue weighted by molar-refractivity contribution is 5.21. The zero-order valence-electron chi connectivity index (χ0n) is 10.1. The summed E-state index contributed by atoms with van der Waals surface area (Å²) in [5.41, 5.74) is 0.658. The van der Waals surface area contributed by atoms with Gasteiger partial charge in [-0.1, -0.05) is 12.1 Å².